The number of hydrogen-bond donors (Lipinski definition) is 2. The van der Waals surface area contributed by atoms with Crippen molar-refractivity contribution in [2.24, 2.45) is 0 Å². The molecular formula is C23H27F3N8O. The van der Waals surface area contributed by atoms with Crippen LogP contribution in [0.1, 0.15) is 30.0 Å². The number of nitrogens with two attached hydrogens (primary N) is 1. The summed E-state index contributed by atoms with van der Waals surface area (Å²) in [6, 6.07) is 3.93. The third-order valence-corrected chi connectivity index (χ3v) is 6.55. The standard InChI is InChI=1S/C23H27F3N8O/c1-13-18-10-28-21(34-4-3-33-5-6-35-12-16(33)11-34)9-17(18)22(32-31-13)29-14(2)19-7-15(27)8-20(30-19)23(24,25)26/h7-10,14,16H,3-6,11-12H2,1-2H3,(H2,27,30)(H,29,32)/t14-,16+/m1/s1. The second-order valence-corrected chi connectivity index (χ2v) is 9.01. The van der Waals surface area contributed by atoms with Crippen molar-refractivity contribution in [1.29, 1.82) is 0 Å². The van der Waals surface area contributed by atoms with Crippen LogP contribution in [-0.2, 0) is 10.9 Å². The molecule has 12 heteroatoms. The average molecular weight is 489 g/mol. The van der Waals surface area contributed by atoms with Crippen LogP contribution in [0.3, 0.4) is 0 Å². The van der Waals surface area contributed by atoms with Crippen molar-refractivity contribution in [3.63, 3.8) is 0 Å². The molecule has 0 saturated carbocycles. The number of rotatable bonds is 4. The molecule has 0 unspecified atom stereocenters. The summed E-state index contributed by atoms with van der Waals surface area (Å²) in [4.78, 5) is 13.1. The number of fused-ring (bicyclic) bond motifs is 2. The van der Waals surface area contributed by atoms with Gasteiger partial charge in [0.05, 0.1) is 36.7 Å². The molecule has 2 aliphatic heterocycles. The van der Waals surface area contributed by atoms with Gasteiger partial charge in [-0.1, -0.05) is 0 Å². The maximum atomic E-state index is 13.2. The van der Waals surface area contributed by atoms with E-state index in [1.165, 1.54) is 6.07 Å². The fraction of sp³-hybridized carbons (Fsp3) is 0.478. The number of aromatic nitrogens is 4. The summed E-state index contributed by atoms with van der Waals surface area (Å²) in [5, 5.41) is 13.3. The van der Waals surface area contributed by atoms with Crippen LogP contribution in [0.4, 0.5) is 30.5 Å². The third kappa shape index (κ3) is 4.80. The Bertz CT molecular complexity index is 1240. The smallest absolute Gasteiger partial charge is 0.399 e. The quantitative estimate of drug-likeness (QED) is 0.573. The lowest BCUT2D eigenvalue weighted by molar-refractivity contribution is -0.141. The number of pyridine rings is 2. The first kappa shape index (κ1) is 23.5. The van der Waals surface area contributed by atoms with Crippen molar-refractivity contribution in [2.75, 3.05) is 55.3 Å². The molecule has 3 N–H and O–H groups in total. The molecule has 2 fully saturated rings. The Labute approximate surface area is 200 Å². The van der Waals surface area contributed by atoms with Crippen molar-refractivity contribution in [2.45, 2.75) is 32.1 Å². The van der Waals surface area contributed by atoms with E-state index in [1.54, 1.807) is 13.1 Å². The lowest BCUT2D eigenvalue weighted by Crippen LogP contribution is -2.58. The summed E-state index contributed by atoms with van der Waals surface area (Å²) in [5.41, 5.74) is 5.56. The van der Waals surface area contributed by atoms with Crippen LogP contribution in [0, 0.1) is 6.92 Å². The van der Waals surface area contributed by atoms with Crippen LogP contribution in [0.15, 0.2) is 24.4 Å². The van der Waals surface area contributed by atoms with Gasteiger partial charge in [0.1, 0.15) is 11.5 Å². The fourth-order valence-corrected chi connectivity index (χ4v) is 4.62. The lowest BCUT2D eigenvalue weighted by Gasteiger charge is -2.44. The molecule has 2 aliphatic rings. The molecule has 0 aliphatic carbocycles. The lowest BCUT2D eigenvalue weighted by atomic mass is 10.1. The molecule has 2 atom stereocenters. The number of ether oxygens (including phenoxy) is 1. The molecule has 186 valence electrons. The number of hydrogen-bond acceptors (Lipinski definition) is 9. The number of nitrogens with zero attached hydrogens (tertiary/aromatic N) is 6. The summed E-state index contributed by atoms with van der Waals surface area (Å²) in [5.74, 6) is 1.26. The van der Waals surface area contributed by atoms with Gasteiger partial charge in [0.15, 0.2) is 5.82 Å². The van der Waals surface area contributed by atoms with Gasteiger partial charge in [-0.2, -0.15) is 18.3 Å². The normalized spacial score (nSPS) is 20.0. The van der Waals surface area contributed by atoms with E-state index in [2.05, 4.69) is 35.3 Å². The Hall–Kier alpha value is -3.25. The molecule has 35 heavy (non-hydrogen) atoms. The topological polar surface area (TPSA) is 105 Å². The zero-order valence-corrected chi connectivity index (χ0v) is 19.5. The highest BCUT2D eigenvalue weighted by Crippen LogP contribution is 2.32. The Morgan fingerprint density at radius 1 is 1.14 bits per heavy atom. The molecule has 9 nitrogen and oxygen atoms in total. The maximum absolute atomic E-state index is 13.2. The van der Waals surface area contributed by atoms with Crippen molar-refractivity contribution in [1.82, 2.24) is 25.1 Å². The molecule has 2 saturated heterocycles. The first-order valence-electron chi connectivity index (χ1n) is 11.5. The van der Waals surface area contributed by atoms with Crippen molar-refractivity contribution in [3.05, 3.63) is 41.5 Å². The summed E-state index contributed by atoms with van der Waals surface area (Å²) in [6.45, 7) is 8.55. The predicted molar refractivity (Wildman–Crippen MR) is 126 cm³/mol. The number of morpholine rings is 1. The van der Waals surface area contributed by atoms with Crippen LogP contribution in [0.2, 0.25) is 0 Å². The highest BCUT2D eigenvalue weighted by molar-refractivity contribution is 5.94. The number of aryl methyl sites for hydroxylation is 1. The summed E-state index contributed by atoms with van der Waals surface area (Å²) < 4.78 is 45.3. The van der Waals surface area contributed by atoms with Crippen LogP contribution < -0.4 is 16.0 Å². The summed E-state index contributed by atoms with van der Waals surface area (Å²) >= 11 is 0. The maximum Gasteiger partial charge on any atom is 0.433 e. The molecule has 3 aromatic rings. The fourth-order valence-electron chi connectivity index (χ4n) is 4.62. The molecule has 5 rings (SSSR count). The van der Waals surface area contributed by atoms with E-state index in [1.807, 2.05) is 13.0 Å². The number of halogens is 3. The van der Waals surface area contributed by atoms with Crippen molar-refractivity contribution < 1.29 is 17.9 Å². The van der Waals surface area contributed by atoms with Gasteiger partial charge < -0.3 is 20.7 Å². The van der Waals surface area contributed by atoms with E-state index in [-0.39, 0.29) is 11.4 Å². The predicted octanol–water partition coefficient (Wildman–Crippen LogP) is 3.02. The largest absolute Gasteiger partial charge is 0.433 e. The molecule has 3 aromatic heterocycles. The summed E-state index contributed by atoms with van der Waals surface area (Å²) in [7, 11) is 0. The van der Waals surface area contributed by atoms with E-state index in [9.17, 15) is 13.2 Å². The SMILES string of the molecule is Cc1nnc(N[C@H](C)c2cc(N)cc(C(F)(F)F)n2)c2cc(N3CCN4CCOC[C@@H]4C3)ncc12. The Morgan fingerprint density at radius 2 is 1.97 bits per heavy atom. The number of alkyl halides is 3. The number of anilines is 3. The number of nitrogen functional groups attached to an aromatic ring is 1. The molecule has 0 spiro atoms. The van der Waals surface area contributed by atoms with Gasteiger partial charge in [-0.3, -0.25) is 4.90 Å². The van der Waals surface area contributed by atoms with E-state index in [4.69, 9.17) is 10.5 Å². The van der Waals surface area contributed by atoms with Crippen molar-refractivity contribution in [3.8, 4) is 0 Å². The second-order valence-electron chi connectivity index (χ2n) is 9.01. The molecule has 5 heterocycles. The molecule has 0 amide bonds. The van der Waals surface area contributed by atoms with E-state index < -0.39 is 17.9 Å². The number of nitrogens with one attached hydrogen (secondary N) is 1. The van der Waals surface area contributed by atoms with Gasteiger partial charge in [0.2, 0.25) is 0 Å². The highest BCUT2D eigenvalue weighted by Gasteiger charge is 2.34. The molecule has 0 bridgehead atoms. The average Bonchev–Trinajstić information content (AvgIpc) is 2.84. The summed E-state index contributed by atoms with van der Waals surface area (Å²) in [6.07, 6.45) is -2.82. The molecule has 0 radical (unpaired) electrons. The molecular weight excluding hydrogens is 461 g/mol. The van der Waals surface area contributed by atoms with Gasteiger partial charge in [0.25, 0.3) is 0 Å². The first-order chi connectivity index (χ1) is 16.7. The Balaban J connectivity index is 1.45. The highest BCUT2D eigenvalue weighted by atomic mass is 19.4. The van der Waals surface area contributed by atoms with Gasteiger partial charge in [0, 0.05) is 48.8 Å². The van der Waals surface area contributed by atoms with E-state index in [0.717, 1.165) is 55.4 Å². The van der Waals surface area contributed by atoms with E-state index >= 15 is 0 Å². The minimum atomic E-state index is -4.59. The van der Waals surface area contributed by atoms with Crippen LogP contribution >= 0.6 is 0 Å². The van der Waals surface area contributed by atoms with E-state index in [0.29, 0.717) is 24.2 Å². The second kappa shape index (κ2) is 9.08. The van der Waals surface area contributed by atoms with Gasteiger partial charge >= 0.3 is 6.18 Å². The van der Waals surface area contributed by atoms with Crippen molar-refractivity contribution >= 4 is 28.1 Å². The Morgan fingerprint density at radius 3 is 2.77 bits per heavy atom. The minimum absolute atomic E-state index is 0.00635. The number of piperazine rings is 1. The zero-order valence-electron chi connectivity index (χ0n) is 19.5. The van der Waals surface area contributed by atoms with Gasteiger partial charge in [-0.05, 0) is 32.0 Å². The third-order valence-electron chi connectivity index (χ3n) is 6.55. The molecule has 0 aromatic carbocycles. The Kier molecular flexibility index (Phi) is 6.09. The monoisotopic (exact) mass is 488 g/mol. The van der Waals surface area contributed by atoms with Crippen LogP contribution in [-0.4, -0.2) is 70.5 Å². The van der Waals surface area contributed by atoms with Gasteiger partial charge in [-0.25, -0.2) is 9.97 Å². The zero-order chi connectivity index (χ0) is 24.7. The van der Waals surface area contributed by atoms with Crippen LogP contribution in [0.5, 0.6) is 0 Å². The van der Waals surface area contributed by atoms with Gasteiger partial charge in [-0.15, -0.1) is 5.10 Å². The minimum Gasteiger partial charge on any atom is -0.399 e. The van der Waals surface area contributed by atoms with Crippen LogP contribution in [0.25, 0.3) is 10.8 Å². The first-order valence-corrected chi connectivity index (χ1v) is 11.5.